The summed E-state index contributed by atoms with van der Waals surface area (Å²) >= 11 is 0. The number of para-hydroxylation sites is 1. The highest BCUT2D eigenvalue weighted by Gasteiger charge is 2.27. The molecule has 160 valence electrons. The van der Waals surface area contributed by atoms with E-state index < -0.39 is 0 Å². The first-order chi connectivity index (χ1) is 14.7. The maximum Gasteiger partial charge on any atom is 0.260 e. The minimum Gasteiger partial charge on any atom is -0.496 e. The second-order valence-corrected chi connectivity index (χ2v) is 7.91. The first kappa shape index (κ1) is 20.4. The van der Waals surface area contributed by atoms with Crippen molar-refractivity contribution >= 4 is 17.6 Å². The van der Waals surface area contributed by atoms with E-state index in [4.69, 9.17) is 4.74 Å². The Balaban J connectivity index is 1.36. The molecule has 30 heavy (non-hydrogen) atoms. The number of hydrogen-bond donors (Lipinski definition) is 1. The standard InChI is InChI=1S/C22H29N5O3/c1-30-19-7-3-2-6-18(19)22(29)24-20-8-11-23-27(20)17-9-14-26(15-10-17)21(28)16-25-12-4-5-13-25/h2-3,6-8,11,17H,4-5,9-10,12-16H2,1H3,(H,24,29). The van der Waals surface area contributed by atoms with Crippen LogP contribution in [0.25, 0.3) is 0 Å². The van der Waals surface area contributed by atoms with Crippen LogP contribution in [0.5, 0.6) is 5.75 Å². The summed E-state index contributed by atoms with van der Waals surface area (Å²) in [6, 6.07) is 9.10. The van der Waals surface area contributed by atoms with Gasteiger partial charge in [-0.2, -0.15) is 5.10 Å². The van der Waals surface area contributed by atoms with Crippen LogP contribution in [0.1, 0.15) is 42.1 Å². The van der Waals surface area contributed by atoms with Gasteiger partial charge in [-0.25, -0.2) is 4.68 Å². The monoisotopic (exact) mass is 411 g/mol. The topological polar surface area (TPSA) is 79.7 Å². The summed E-state index contributed by atoms with van der Waals surface area (Å²) in [5.74, 6) is 1.19. The number of ether oxygens (including phenoxy) is 1. The Morgan fingerprint density at radius 3 is 2.57 bits per heavy atom. The molecule has 2 amide bonds. The molecule has 0 aliphatic carbocycles. The Kier molecular flexibility index (Phi) is 6.32. The van der Waals surface area contributed by atoms with Crippen LogP contribution in [0.3, 0.4) is 0 Å². The molecule has 0 radical (unpaired) electrons. The lowest BCUT2D eigenvalue weighted by Crippen LogP contribution is -2.44. The molecular weight excluding hydrogens is 382 g/mol. The average Bonchev–Trinajstić information content (AvgIpc) is 3.46. The summed E-state index contributed by atoms with van der Waals surface area (Å²) in [4.78, 5) is 29.5. The van der Waals surface area contributed by atoms with E-state index in [0.717, 1.165) is 39.0 Å². The van der Waals surface area contributed by atoms with Crippen LogP contribution >= 0.6 is 0 Å². The number of piperidine rings is 1. The molecule has 0 atom stereocenters. The molecule has 2 aliphatic heterocycles. The second-order valence-electron chi connectivity index (χ2n) is 7.91. The van der Waals surface area contributed by atoms with Gasteiger partial charge in [0, 0.05) is 19.2 Å². The summed E-state index contributed by atoms with van der Waals surface area (Å²) in [6.45, 7) is 4.04. The van der Waals surface area contributed by atoms with Crippen LogP contribution < -0.4 is 10.1 Å². The number of likely N-dealkylation sites (tertiary alicyclic amines) is 2. The number of carbonyl (C=O) groups is 2. The van der Waals surface area contributed by atoms with Crippen LogP contribution in [0.2, 0.25) is 0 Å². The summed E-state index contributed by atoms with van der Waals surface area (Å²) in [7, 11) is 1.55. The normalized spacial score (nSPS) is 17.8. The Bertz CT molecular complexity index is 882. The van der Waals surface area contributed by atoms with E-state index in [0.29, 0.717) is 23.7 Å². The van der Waals surface area contributed by atoms with Gasteiger partial charge in [0.25, 0.3) is 5.91 Å². The molecule has 1 N–H and O–H groups in total. The maximum absolute atomic E-state index is 12.7. The number of methoxy groups -OCH3 is 1. The Labute approximate surface area is 176 Å². The molecule has 0 bridgehead atoms. The zero-order chi connectivity index (χ0) is 20.9. The van der Waals surface area contributed by atoms with E-state index in [2.05, 4.69) is 15.3 Å². The van der Waals surface area contributed by atoms with Gasteiger partial charge in [0.05, 0.1) is 31.5 Å². The summed E-state index contributed by atoms with van der Waals surface area (Å²) in [5, 5.41) is 7.40. The van der Waals surface area contributed by atoms with Gasteiger partial charge in [-0.3, -0.25) is 14.5 Å². The summed E-state index contributed by atoms with van der Waals surface area (Å²) in [5.41, 5.74) is 0.482. The average molecular weight is 412 g/mol. The molecular formula is C22H29N5O3. The number of amides is 2. The first-order valence-corrected chi connectivity index (χ1v) is 10.6. The van der Waals surface area contributed by atoms with E-state index >= 15 is 0 Å². The number of nitrogens with one attached hydrogen (secondary N) is 1. The predicted octanol–water partition coefficient (Wildman–Crippen LogP) is 2.40. The molecule has 2 fully saturated rings. The fourth-order valence-corrected chi connectivity index (χ4v) is 4.31. The molecule has 8 nitrogen and oxygen atoms in total. The van der Waals surface area contributed by atoms with Crippen LogP contribution in [0.15, 0.2) is 36.5 Å². The second kappa shape index (κ2) is 9.30. The van der Waals surface area contributed by atoms with E-state index in [1.54, 1.807) is 31.5 Å². The third kappa shape index (κ3) is 4.48. The quantitative estimate of drug-likeness (QED) is 0.790. The van der Waals surface area contributed by atoms with E-state index in [-0.39, 0.29) is 17.9 Å². The Hall–Kier alpha value is -2.87. The minimum atomic E-state index is -0.229. The molecule has 4 rings (SSSR count). The smallest absolute Gasteiger partial charge is 0.260 e. The van der Waals surface area contributed by atoms with Crippen molar-refractivity contribution in [3.8, 4) is 5.75 Å². The lowest BCUT2D eigenvalue weighted by atomic mass is 10.1. The van der Waals surface area contributed by atoms with Gasteiger partial charge in [-0.1, -0.05) is 12.1 Å². The van der Waals surface area contributed by atoms with Crippen LogP contribution in [0, 0.1) is 0 Å². The predicted molar refractivity (Wildman–Crippen MR) is 114 cm³/mol. The molecule has 2 saturated heterocycles. The van der Waals surface area contributed by atoms with E-state index in [1.807, 2.05) is 21.7 Å². The number of benzene rings is 1. The van der Waals surface area contributed by atoms with Crippen LogP contribution in [0.4, 0.5) is 5.82 Å². The number of carbonyl (C=O) groups excluding carboxylic acids is 2. The number of anilines is 1. The van der Waals surface area contributed by atoms with Crippen LogP contribution in [-0.2, 0) is 4.79 Å². The van der Waals surface area contributed by atoms with Crippen molar-refractivity contribution in [1.29, 1.82) is 0 Å². The minimum absolute atomic E-state index is 0.156. The first-order valence-electron chi connectivity index (χ1n) is 10.6. The summed E-state index contributed by atoms with van der Waals surface area (Å²) < 4.78 is 7.16. The lowest BCUT2D eigenvalue weighted by Gasteiger charge is -2.33. The molecule has 1 aromatic carbocycles. The number of hydrogen-bond acceptors (Lipinski definition) is 5. The van der Waals surface area contributed by atoms with Gasteiger partial charge in [0.1, 0.15) is 11.6 Å². The van der Waals surface area contributed by atoms with Gasteiger partial charge in [-0.15, -0.1) is 0 Å². The van der Waals surface area contributed by atoms with E-state index in [1.165, 1.54) is 12.8 Å². The third-order valence-corrected chi connectivity index (χ3v) is 5.98. The highest BCUT2D eigenvalue weighted by Crippen LogP contribution is 2.26. The highest BCUT2D eigenvalue weighted by atomic mass is 16.5. The van der Waals surface area contributed by atoms with Gasteiger partial charge in [0.15, 0.2) is 0 Å². The van der Waals surface area contributed by atoms with Crippen molar-refractivity contribution < 1.29 is 14.3 Å². The zero-order valence-corrected chi connectivity index (χ0v) is 17.4. The fourth-order valence-electron chi connectivity index (χ4n) is 4.31. The van der Waals surface area contributed by atoms with Gasteiger partial charge >= 0.3 is 0 Å². The van der Waals surface area contributed by atoms with Crippen molar-refractivity contribution in [2.45, 2.75) is 31.7 Å². The molecule has 0 saturated carbocycles. The van der Waals surface area contributed by atoms with Crippen LogP contribution in [-0.4, -0.2) is 71.2 Å². The third-order valence-electron chi connectivity index (χ3n) is 5.98. The zero-order valence-electron chi connectivity index (χ0n) is 17.4. The SMILES string of the molecule is COc1ccccc1C(=O)Nc1ccnn1C1CCN(C(=O)CN2CCCC2)CC1. The number of rotatable bonds is 6. The summed E-state index contributed by atoms with van der Waals surface area (Å²) in [6.07, 6.45) is 5.73. The Morgan fingerprint density at radius 1 is 1.10 bits per heavy atom. The van der Waals surface area contributed by atoms with Gasteiger partial charge < -0.3 is 15.0 Å². The maximum atomic E-state index is 12.7. The largest absolute Gasteiger partial charge is 0.496 e. The van der Waals surface area contributed by atoms with Crippen molar-refractivity contribution in [3.05, 3.63) is 42.1 Å². The number of aromatic nitrogens is 2. The fraction of sp³-hybridized carbons (Fsp3) is 0.500. The molecule has 8 heteroatoms. The molecule has 3 heterocycles. The number of nitrogens with zero attached hydrogens (tertiary/aromatic N) is 4. The molecule has 0 unspecified atom stereocenters. The van der Waals surface area contributed by atoms with Crippen molar-refractivity contribution in [1.82, 2.24) is 19.6 Å². The van der Waals surface area contributed by atoms with Crippen molar-refractivity contribution in [2.24, 2.45) is 0 Å². The Morgan fingerprint density at radius 2 is 1.83 bits per heavy atom. The molecule has 2 aromatic rings. The molecule has 1 aromatic heterocycles. The molecule has 0 spiro atoms. The highest BCUT2D eigenvalue weighted by molar-refractivity contribution is 6.05. The van der Waals surface area contributed by atoms with Crippen molar-refractivity contribution in [2.75, 3.05) is 45.2 Å². The molecule has 2 aliphatic rings. The van der Waals surface area contributed by atoms with Gasteiger partial charge in [-0.05, 0) is 50.9 Å². The lowest BCUT2D eigenvalue weighted by molar-refractivity contribution is -0.133. The van der Waals surface area contributed by atoms with Gasteiger partial charge in [0.2, 0.25) is 5.91 Å². The van der Waals surface area contributed by atoms with E-state index in [9.17, 15) is 9.59 Å². The van der Waals surface area contributed by atoms with Crippen molar-refractivity contribution in [3.63, 3.8) is 0 Å².